The van der Waals surface area contributed by atoms with E-state index in [1.165, 1.54) is 0 Å². The summed E-state index contributed by atoms with van der Waals surface area (Å²) >= 11 is 0. The van der Waals surface area contributed by atoms with E-state index in [0.717, 1.165) is 11.1 Å². The first-order chi connectivity index (χ1) is 6.68. The lowest BCUT2D eigenvalue weighted by Gasteiger charge is -1.90. The Balaban J connectivity index is 2.66. The first kappa shape index (κ1) is 10.5. The van der Waals surface area contributed by atoms with Gasteiger partial charge in [0.25, 0.3) is 0 Å². The molecule has 14 heavy (non-hydrogen) atoms. The summed E-state index contributed by atoms with van der Waals surface area (Å²) in [7, 11) is 0. The van der Waals surface area contributed by atoms with Gasteiger partial charge in [0.2, 0.25) is 0 Å². The van der Waals surface area contributed by atoms with Gasteiger partial charge in [-0.15, -0.1) is 0 Å². The number of carbonyl (C=O) groups is 1. The minimum Gasteiger partial charge on any atom is -0.290 e. The molecule has 1 aromatic carbocycles. The number of hydrogen-bond acceptors (Lipinski definition) is 1. The molecular formula is C13H14O. The largest absolute Gasteiger partial charge is 0.290 e. The van der Waals surface area contributed by atoms with Gasteiger partial charge in [0, 0.05) is 0 Å². The molecule has 0 spiro atoms. The van der Waals surface area contributed by atoms with Crippen LogP contribution in [0.2, 0.25) is 0 Å². The van der Waals surface area contributed by atoms with Gasteiger partial charge in [-0.3, -0.25) is 4.79 Å². The van der Waals surface area contributed by atoms with Crippen molar-refractivity contribution in [3.8, 4) is 0 Å². The second-order valence-corrected chi connectivity index (χ2v) is 3.37. The SMILES string of the molecule is CC(C)=CC(=O)/C=C/c1ccccc1. The first-order valence-electron chi connectivity index (χ1n) is 4.60. The van der Waals surface area contributed by atoms with Crippen LogP contribution in [0.3, 0.4) is 0 Å². The van der Waals surface area contributed by atoms with Crippen LogP contribution < -0.4 is 0 Å². The summed E-state index contributed by atoms with van der Waals surface area (Å²) in [6, 6.07) is 9.78. The molecule has 0 aliphatic heterocycles. The highest BCUT2D eigenvalue weighted by Gasteiger charge is 1.89. The van der Waals surface area contributed by atoms with Crippen molar-refractivity contribution in [2.24, 2.45) is 0 Å². The topological polar surface area (TPSA) is 17.1 Å². The summed E-state index contributed by atoms with van der Waals surface area (Å²) in [6.07, 6.45) is 5.03. The minimum atomic E-state index is 0.0360. The van der Waals surface area contributed by atoms with Crippen LogP contribution in [-0.2, 0) is 4.79 Å². The van der Waals surface area contributed by atoms with E-state index in [9.17, 15) is 4.79 Å². The molecule has 1 nitrogen and oxygen atoms in total. The van der Waals surface area contributed by atoms with E-state index in [4.69, 9.17) is 0 Å². The molecule has 0 saturated carbocycles. The molecule has 0 radical (unpaired) electrons. The van der Waals surface area contributed by atoms with Gasteiger partial charge in [0.15, 0.2) is 5.78 Å². The maximum absolute atomic E-state index is 11.3. The van der Waals surface area contributed by atoms with E-state index in [1.54, 1.807) is 12.2 Å². The van der Waals surface area contributed by atoms with E-state index in [1.807, 2.05) is 50.3 Å². The molecule has 72 valence electrons. The van der Waals surface area contributed by atoms with Crippen molar-refractivity contribution >= 4 is 11.9 Å². The third-order valence-electron chi connectivity index (χ3n) is 1.67. The van der Waals surface area contributed by atoms with Crippen LogP contribution >= 0.6 is 0 Å². The highest BCUT2D eigenvalue weighted by atomic mass is 16.1. The van der Waals surface area contributed by atoms with E-state index >= 15 is 0 Å². The first-order valence-corrected chi connectivity index (χ1v) is 4.60. The molecule has 0 bridgehead atoms. The molecule has 0 unspecified atom stereocenters. The molecule has 0 fully saturated rings. The van der Waals surface area contributed by atoms with Gasteiger partial charge in [0.05, 0.1) is 0 Å². The van der Waals surface area contributed by atoms with Gasteiger partial charge >= 0.3 is 0 Å². The smallest absolute Gasteiger partial charge is 0.178 e. The number of ketones is 1. The zero-order chi connectivity index (χ0) is 10.4. The van der Waals surface area contributed by atoms with Crippen LogP contribution in [-0.4, -0.2) is 5.78 Å². The second kappa shape index (κ2) is 5.18. The summed E-state index contributed by atoms with van der Waals surface area (Å²) in [6.45, 7) is 3.82. The number of benzene rings is 1. The van der Waals surface area contributed by atoms with Crippen molar-refractivity contribution in [3.05, 3.63) is 53.6 Å². The molecule has 0 aliphatic rings. The molecule has 1 heteroatoms. The molecule has 0 amide bonds. The average Bonchev–Trinajstić information content (AvgIpc) is 2.15. The van der Waals surface area contributed by atoms with Gasteiger partial charge in [0.1, 0.15) is 0 Å². The standard InChI is InChI=1S/C13H14O/c1-11(2)10-13(14)9-8-12-6-4-3-5-7-12/h3-10H,1-2H3/b9-8+. The number of allylic oxidation sites excluding steroid dienone is 3. The molecule has 0 atom stereocenters. The molecular weight excluding hydrogens is 172 g/mol. The Bertz CT molecular complexity index is 354. The van der Waals surface area contributed by atoms with Gasteiger partial charge in [-0.05, 0) is 31.6 Å². The van der Waals surface area contributed by atoms with Crippen molar-refractivity contribution in [2.75, 3.05) is 0 Å². The second-order valence-electron chi connectivity index (χ2n) is 3.37. The Morgan fingerprint density at radius 3 is 2.36 bits per heavy atom. The van der Waals surface area contributed by atoms with Crippen molar-refractivity contribution in [1.29, 1.82) is 0 Å². The Labute approximate surface area is 84.8 Å². The Morgan fingerprint density at radius 2 is 1.79 bits per heavy atom. The molecule has 0 aromatic heterocycles. The summed E-state index contributed by atoms with van der Waals surface area (Å²) in [5.74, 6) is 0.0360. The zero-order valence-corrected chi connectivity index (χ0v) is 8.53. The molecule has 0 heterocycles. The van der Waals surface area contributed by atoms with E-state index in [0.29, 0.717) is 0 Å². The normalized spacial score (nSPS) is 10.1. The maximum atomic E-state index is 11.3. The van der Waals surface area contributed by atoms with E-state index in [2.05, 4.69) is 0 Å². The summed E-state index contributed by atoms with van der Waals surface area (Å²) in [5.41, 5.74) is 2.07. The van der Waals surface area contributed by atoms with Crippen molar-refractivity contribution in [2.45, 2.75) is 13.8 Å². The molecule has 0 saturated heterocycles. The van der Waals surface area contributed by atoms with Crippen LogP contribution in [0.1, 0.15) is 19.4 Å². The lowest BCUT2D eigenvalue weighted by molar-refractivity contribution is -0.110. The van der Waals surface area contributed by atoms with Crippen LogP contribution in [0.15, 0.2) is 48.1 Å². The molecule has 1 rings (SSSR count). The third-order valence-corrected chi connectivity index (χ3v) is 1.67. The zero-order valence-electron chi connectivity index (χ0n) is 8.53. The fraction of sp³-hybridized carbons (Fsp3) is 0.154. The summed E-state index contributed by atoms with van der Waals surface area (Å²) < 4.78 is 0. The molecule has 0 aliphatic carbocycles. The monoisotopic (exact) mass is 186 g/mol. The Kier molecular flexibility index (Phi) is 3.86. The van der Waals surface area contributed by atoms with Crippen LogP contribution in [0.25, 0.3) is 6.08 Å². The lowest BCUT2D eigenvalue weighted by Crippen LogP contribution is -1.85. The molecule has 0 N–H and O–H groups in total. The quantitative estimate of drug-likeness (QED) is 0.662. The van der Waals surface area contributed by atoms with Crippen LogP contribution in [0, 0.1) is 0 Å². The highest BCUT2D eigenvalue weighted by molar-refractivity contribution is 6.02. The van der Waals surface area contributed by atoms with Crippen molar-refractivity contribution in [1.82, 2.24) is 0 Å². The van der Waals surface area contributed by atoms with Crippen molar-refractivity contribution in [3.63, 3.8) is 0 Å². The fourth-order valence-corrected chi connectivity index (χ4v) is 1.08. The van der Waals surface area contributed by atoms with E-state index < -0.39 is 0 Å². The fourth-order valence-electron chi connectivity index (χ4n) is 1.08. The predicted molar refractivity (Wildman–Crippen MR) is 59.9 cm³/mol. The predicted octanol–water partition coefficient (Wildman–Crippen LogP) is 3.24. The third kappa shape index (κ3) is 3.85. The van der Waals surface area contributed by atoms with Gasteiger partial charge in [-0.2, -0.15) is 0 Å². The van der Waals surface area contributed by atoms with Gasteiger partial charge in [-0.25, -0.2) is 0 Å². The summed E-state index contributed by atoms with van der Waals surface area (Å²) in [4.78, 5) is 11.3. The van der Waals surface area contributed by atoms with Crippen LogP contribution in [0.5, 0.6) is 0 Å². The van der Waals surface area contributed by atoms with E-state index in [-0.39, 0.29) is 5.78 Å². The summed E-state index contributed by atoms with van der Waals surface area (Å²) in [5, 5.41) is 0. The average molecular weight is 186 g/mol. The number of rotatable bonds is 3. The Hall–Kier alpha value is -1.63. The molecule has 1 aromatic rings. The maximum Gasteiger partial charge on any atom is 0.178 e. The Morgan fingerprint density at radius 1 is 1.14 bits per heavy atom. The van der Waals surface area contributed by atoms with Crippen molar-refractivity contribution < 1.29 is 4.79 Å². The minimum absolute atomic E-state index is 0.0360. The van der Waals surface area contributed by atoms with Gasteiger partial charge < -0.3 is 0 Å². The lowest BCUT2D eigenvalue weighted by atomic mass is 10.2. The number of carbonyl (C=O) groups excluding carboxylic acids is 1. The van der Waals surface area contributed by atoms with Crippen LogP contribution in [0.4, 0.5) is 0 Å². The highest BCUT2D eigenvalue weighted by Crippen LogP contribution is 2.01. The van der Waals surface area contributed by atoms with Gasteiger partial charge in [-0.1, -0.05) is 42.0 Å². The number of hydrogen-bond donors (Lipinski definition) is 0.